The molecule has 5 heteroatoms. The van der Waals surface area contributed by atoms with E-state index in [2.05, 4.69) is 17.0 Å². The SMILES string of the molecule is COC(=O)C=Cc1ccc(CC(C)NCC(O)c2cc3ccccc3o2)cc1. The fourth-order valence-electron chi connectivity index (χ4n) is 3.00. The van der Waals surface area contributed by atoms with Gasteiger partial charge in [-0.05, 0) is 42.7 Å². The molecule has 3 rings (SSSR count). The zero-order chi connectivity index (χ0) is 19.9. The van der Waals surface area contributed by atoms with E-state index >= 15 is 0 Å². The second-order valence-electron chi connectivity index (χ2n) is 6.81. The normalized spacial score (nSPS) is 13.7. The molecule has 0 amide bonds. The molecule has 0 aliphatic carbocycles. The smallest absolute Gasteiger partial charge is 0.330 e. The van der Waals surface area contributed by atoms with Crippen molar-refractivity contribution in [3.63, 3.8) is 0 Å². The molecule has 0 fully saturated rings. The number of methoxy groups -OCH3 is 1. The van der Waals surface area contributed by atoms with Gasteiger partial charge < -0.3 is 19.6 Å². The molecule has 0 aliphatic heterocycles. The topological polar surface area (TPSA) is 71.7 Å². The van der Waals surface area contributed by atoms with E-state index in [0.29, 0.717) is 12.3 Å². The second kappa shape index (κ2) is 9.35. The summed E-state index contributed by atoms with van der Waals surface area (Å²) in [6, 6.07) is 17.8. The van der Waals surface area contributed by atoms with Gasteiger partial charge in [0.25, 0.3) is 0 Å². The molecular formula is C23H25NO4. The monoisotopic (exact) mass is 379 g/mol. The number of rotatable bonds is 8. The second-order valence-corrected chi connectivity index (χ2v) is 6.81. The van der Waals surface area contributed by atoms with E-state index in [4.69, 9.17) is 4.42 Å². The van der Waals surface area contributed by atoms with Crippen molar-refractivity contribution in [3.05, 3.63) is 77.6 Å². The van der Waals surface area contributed by atoms with Crippen molar-refractivity contribution >= 4 is 23.0 Å². The van der Waals surface area contributed by atoms with Crippen molar-refractivity contribution < 1.29 is 19.1 Å². The molecule has 0 spiro atoms. The minimum atomic E-state index is -0.694. The molecule has 2 aromatic carbocycles. The molecular weight excluding hydrogens is 354 g/mol. The number of aliphatic hydroxyl groups is 1. The van der Waals surface area contributed by atoms with Crippen LogP contribution in [0.15, 0.2) is 65.1 Å². The first-order valence-corrected chi connectivity index (χ1v) is 9.30. The van der Waals surface area contributed by atoms with Crippen molar-refractivity contribution in [2.75, 3.05) is 13.7 Å². The van der Waals surface area contributed by atoms with E-state index in [-0.39, 0.29) is 12.0 Å². The first kappa shape index (κ1) is 19.9. The van der Waals surface area contributed by atoms with Gasteiger partial charge in [0.05, 0.1) is 7.11 Å². The maximum Gasteiger partial charge on any atom is 0.330 e. The predicted octanol–water partition coefficient (Wildman–Crippen LogP) is 3.87. The molecule has 2 N–H and O–H groups in total. The third-order valence-electron chi connectivity index (χ3n) is 4.57. The quantitative estimate of drug-likeness (QED) is 0.459. The molecule has 0 radical (unpaired) electrons. The van der Waals surface area contributed by atoms with Crippen LogP contribution in [-0.2, 0) is 16.0 Å². The number of carbonyl (C=O) groups excluding carboxylic acids is 1. The van der Waals surface area contributed by atoms with Crippen LogP contribution in [0.5, 0.6) is 0 Å². The van der Waals surface area contributed by atoms with Gasteiger partial charge in [-0.3, -0.25) is 0 Å². The Labute approximate surface area is 164 Å². The molecule has 5 nitrogen and oxygen atoms in total. The number of carbonyl (C=O) groups is 1. The fourth-order valence-corrected chi connectivity index (χ4v) is 3.00. The molecule has 0 saturated heterocycles. The molecule has 1 aromatic heterocycles. The highest BCUT2D eigenvalue weighted by Crippen LogP contribution is 2.23. The van der Waals surface area contributed by atoms with Crippen LogP contribution in [0.1, 0.15) is 29.9 Å². The molecule has 2 unspecified atom stereocenters. The lowest BCUT2D eigenvalue weighted by Gasteiger charge is -2.16. The average Bonchev–Trinajstić information content (AvgIpc) is 3.15. The average molecular weight is 379 g/mol. The Kier molecular flexibility index (Phi) is 6.63. The number of furan rings is 1. The van der Waals surface area contributed by atoms with Gasteiger partial charge in [0.2, 0.25) is 0 Å². The summed E-state index contributed by atoms with van der Waals surface area (Å²) in [5, 5.41) is 14.7. The minimum Gasteiger partial charge on any atom is -0.466 e. The fraction of sp³-hybridized carbons (Fsp3) is 0.261. The first-order valence-electron chi connectivity index (χ1n) is 9.30. The third kappa shape index (κ3) is 5.31. The summed E-state index contributed by atoms with van der Waals surface area (Å²) in [6.45, 7) is 2.50. The number of fused-ring (bicyclic) bond motifs is 1. The van der Waals surface area contributed by atoms with E-state index in [9.17, 15) is 9.90 Å². The Morgan fingerprint density at radius 3 is 2.68 bits per heavy atom. The first-order chi connectivity index (χ1) is 13.5. The van der Waals surface area contributed by atoms with Crippen molar-refractivity contribution in [2.45, 2.75) is 25.5 Å². The van der Waals surface area contributed by atoms with Gasteiger partial charge in [0.1, 0.15) is 17.4 Å². The maximum atomic E-state index is 11.1. The lowest BCUT2D eigenvalue weighted by Crippen LogP contribution is -2.31. The number of hydrogen-bond donors (Lipinski definition) is 2. The van der Waals surface area contributed by atoms with Crippen LogP contribution in [-0.4, -0.2) is 30.8 Å². The number of aliphatic hydroxyl groups excluding tert-OH is 1. The van der Waals surface area contributed by atoms with Gasteiger partial charge in [-0.2, -0.15) is 0 Å². The summed E-state index contributed by atoms with van der Waals surface area (Å²) in [5.74, 6) is 0.201. The van der Waals surface area contributed by atoms with E-state index in [1.165, 1.54) is 18.7 Å². The van der Waals surface area contributed by atoms with Crippen LogP contribution in [0, 0.1) is 0 Å². The number of para-hydroxylation sites is 1. The van der Waals surface area contributed by atoms with E-state index in [1.54, 1.807) is 6.08 Å². The Bertz CT molecular complexity index is 910. The lowest BCUT2D eigenvalue weighted by molar-refractivity contribution is -0.134. The van der Waals surface area contributed by atoms with Gasteiger partial charge in [-0.1, -0.05) is 42.5 Å². The number of benzene rings is 2. The van der Waals surface area contributed by atoms with Crippen LogP contribution in [0.25, 0.3) is 17.0 Å². The standard InChI is InChI=1S/C23H25NO4/c1-16(13-18-9-7-17(8-10-18)11-12-23(26)27-2)24-15-20(25)22-14-19-5-3-4-6-21(19)28-22/h3-12,14,16,20,24-25H,13,15H2,1-2H3. The maximum absolute atomic E-state index is 11.1. The van der Waals surface area contributed by atoms with Gasteiger partial charge in [0.15, 0.2) is 0 Å². The summed E-state index contributed by atoms with van der Waals surface area (Å²) in [6.07, 6.45) is 3.26. The largest absolute Gasteiger partial charge is 0.466 e. The van der Waals surface area contributed by atoms with Gasteiger partial charge >= 0.3 is 5.97 Å². The molecule has 3 aromatic rings. The van der Waals surface area contributed by atoms with E-state index in [1.807, 2.05) is 54.6 Å². The lowest BCUT2D eigenvalue weighted by atomic mass is 10.0. The Balaban J connectivity index is 1.50. The van der Waals surface area contributed by atoms with Gasteiger partial charge in [0, 0.05) is 24.0 Å². The summed E-state index contributed by atoms with van der Waals surface area (Å²) in [5.41, 5.74) is 2.90. The molecule has 146 valence electrons. The van der Waals surface area contributed by atoms with Gasteiger partial charge in [-0.25, -0.2) is 4.79 Å². The van der Waals surface area contributed by atoms with Gasteiger partial charge in [-0.15, -0.1) is 0 Å². The van der Waals surface area contributed by atoms with Crippen molar-refractivity contribution in [3.8, 4) is 0 Å². The van der Waals surface area contributed by atoms with Crippen molar-refractivity contribution in [1.29, 1.82) is 0 Å². The molecule has 28 heavy (non-hydrogen) atoms. The van der Waals surface area contributed by atoms with Crippen LogP contribution >= 0.6 is 0 Å². The number of ether oxygens (including phenoxy) is 1. The van der Waals surface area contributed by atoms with E-state index < -0.39 is 6.10 Å². The predicted molar refractivity (Wildman–Crippen MR) is 110 cm³/mol. The summed E-state index contributed by atoms with van der Waals surface area (Å²) >= 11 is 0. The zero-order valence-electron chi connectivity index (χ0n) is 16.1. The molecule has 0 aliphatic rings. The Morgan fingerprint density at radius 1 is 1.21 bits per heavy atom. The molecule has 0 bridgehead atoms. The highest BCUT2D eigenvalue weighted by Gasteiger charge is 2.14. The summed E-state index contributed by atoms with van der Waals surface area (Å²) in [4.78, 5) is 11.1. The van der Waals surface area contributed by atoms with Crippen LogP contribution in [0.4, 0.5) is 0 Å². The number of hydrogen-bond acceptors (Lipinski definition) is 5. The van der Waals surface area contributed by atoms with Crippen LogP contribution < -0.4 is 5.32 Å². The Morgan fingerprint density at radius 2 is 1.96 bits per heavy atom. The summed E-state index contributed by atoms with van der Waals surface area (Å²) < 4.78 is 10.3. The molecule has 1 heterocycles. The number of nitrogens with one attached hydrogen (secondary N) is 1. The highest BCUT2D eigenvalue weighted by atomic mass is 16.5. The highest BCUT2D eigenvalue weighted by molar-refractivity contribution is 5.86. The third-order valence-corrected chi connectivity index (χ3v) is 4.57. The van der Waals surface area contributed by atoms with Crippen LogP contribution in [0.3, 0.4) is 0 Å². The van der Waals surface area contributed by atoms with Crippen LogP contribution in [0.2, 0.25) is 0 Å². The summed E-state index contributed by atoms with van der Waals surface area (Å²) in [7, 11) is 1.36. The van der Waals surface area contributed by atoms with Crippen molar-refractivity contribution in [2.24, 2.45) is 0 Å². The molecule has 0 saturated carbocycles. The van der Waals surface area contributed by atoms with Crippen molar-refractivity contribution in [1.82, 2.24) is 5.32 Å². The molecule has 2 atom stereocenters. The number of esters is 1. The van der Waals surface area contributed by atoms with E-state index in [0.717, 1.165) is 23.0 Å². The minimum absolute atomic E-state index is 0.190. The zero-order valence-corrected chi connectivity index (χ0v) is 16.1. The Hall–Kier alpha value is -2.89.